The van der Waals surface area contributed by atoms with E-state index in [1.165, 1.54) is 38.0 Å². The van der Waals surface area contributed by atoms with Crippen LogP contribution in [0.25, 0.3) is 0 Å². The van der Waals surface area contributed by atoms with Gasteiger partial charge < -0.3 is 10.6 Å². The summed E-state index contributed by atoms with van der Waals surface area (Å²) in [6.07, 6.45) is 3.59. The van der Waals surface area contributed by atoms with Gasteiger partial charge in [-0.25, -0.2) is 10.9 Å². The van der Waals surface area contributed by atoms with Crippen LogP contribution < -0.4 is 21.5 Å². The number of hydrogen-bond acceptors (Lipinski definition) is 7. The Bertz CT molecular complexity index is 983. The van der Waals surface area contributed by atoms with Gasteiger partial charge in [-0.15, -0.1) is 0 Å². The lowest BCUT2D eigenvalue weighted by atomic mass is 10.2. The number of hydrazone groups is 2. The van der Waals surface area contributed by atoms with Gasteiger partial charge in [0.25, 0.3) is 0 Å². The molecule has 2 aromatic rings. The van der Waals surface area contributed by atoms with Crippen LogP contribution in [-0.4, -0.2) is 47.6 Å². The summed E-state index contributed by atoms with van der Waals surface area (Å²) in [4.78, 5) is 45.7. The monoisotopic (exact) mass is 496 g/mol. The van der Waals surface area contributed by atoms with Crippen molar-refractivity contribution in [2.24, 2.45) is 10.2 Å². The second kappa shape index (κ2) is 15.0. The van der Waals surface area contributed by atoms with E-state index in [9.17, 15) is 19.2 Å². The van der Waals surface area contributed by atoms with Gasteiger partial charge in [-0.3, -0.25) is 19.2 Å². The highest BCUT2D eigenvalue weighted by Gasteiger charge is 2.03. The normalized spacial score (nSPS) is 10.8. The maximum atomic E-state index is 11.9. The number of carbonyl (C=O) groups is 4. The van der Waals surface area contributed by atoms with Crippen molar-refractivity contribution in [3.8, 4) is 0 Å². The average molecular weight is 497 g/mol. The third-order valence-corrected chi connectivity index (χ3v) is 5.20. The minimum atomic E-state index is -0.220. The predicted molar refractivity (Wildman–Crippen MR) is 140 cm³/mol. The average Bonchev–Trinajstić information content (AvgIpc) is 2.80. The van der Waals surface area contributed by atoms with E-state index in [-0.39, 0.29) is 36.5 Å². The molecule has 0 unspecified atom stereocenters. The SMILES string of the molecule is CC(=O)Nc1ccc(/C=N\NC(=O)CCSCCC(=O)N/N=C\c2ccc(NC(C)=O)cc2)cc1. The van der Waals surface area contributed by atoms with Crippen molar-refractivity contribution in [2.75, 3.05) is 22.1 Å². The Hall–Kier alpha value is -3.99. The van der Waals surface area contributed by atoms with Gasteiger partial charge >= 0.3 is 0 Å². The number of hydrogen-bond donors (Lipinski definition) is 4. The number of nitrogens with zero attached hydrogens (tertiary/aromatic N) is 2. The smallest absolute Gasteiger partial charge is 0.240 e. The zero-order chi connectivity index (χ0) is 25.5. The first-order chi connectivity index (χ1) is 16.8. The molecule has 4 N–H and O–H groups in total. The summed E-state index contributed by atoms with van der Waals surface area (Å²) in [6, 6.07) is 14.1. The molecule has 2 rings (SSSR count). The van der Waals surface area contributed by atoms with Crippen LogP contribution in [0, 0.1) is 0 Å². The summed E-state index contributed by atoms with van der Waals surface area (Å²) in [5.74, 6) is 0.389. The van der Waals surface area contributed by atoms with Crippen molar-refractivity contribution in [1.82, 2.24) is 10.9 Å². The molecule has 2 aromatic carbocycles. The van der Waals surface area contributed by atoms with Gasteiger partial charge in [0, 0.05) is 49.6 Å². The lowest BCUT2D eigenvalue weighted by Crippen LogP contribution is -2.19. The number of thioether (sulfide) groups is 1. The minimum Gasteiger partial charge on any atom is -0.326 e. The number of carbonyl (C=O) groups excluding carboxylic acids is 4. The fraction of sp³-hybridized carbons (Fsp3) is 0.250. The van der Waals surface area contributed by atoms with Crippen molar-refractivity contribution in [3.63, 3.8) is 0 Å². The Balaban J connectivity index is 1.56. The molecule has 10 nitrogen and oxygen atoms in total. The third kappa shape index (κ3) is 12.2. The van der Waals surface area contributed by atoms with E-state index in [2.05, 4.69) is 31.7 Å². The number of anilines is 2. The molecular formula is C24H28N6O4S. The Morgan fingerprint density at radius 2 is 1.06 bits per heavy atom. The maximum Gasteiger partial charge on any atom is 0.240 e. The van der Waals surface area contributed by atoms with Crippen LogP contribution in [0.15, 0.2) is 58.7 Å². The number of amides is 4. The van der Waals surface area contributed by atoms with Gasteiger partial charge in [-0.05, 0) is 35.4 Å². The number of benzene rings is 2. The first kappa shape index (κ1) is 27.3. The van der Waals surface area contributed by atoms with E-state index in [1.54, 1.807) is 48.5 Å². The molecule has 11 heteroatoms. The molecule has 0 heterocycles. The van der Waals surface area contributed by atoms with Gasteiger partial charge in [-0.2, -0.15) is 22.0 Å². The van der Waals surface area contributed by atoms with Crippen LogP contribution in [0.5, 0.6) is 0 Å². The first-order valence-corrected chi connectivity index (χ1v) is 11.9. The second-order valence-electron chi connectivity index (χ2n) is 7.31. The van der Waals surface area contributed by atoms with Crippen molar-refractivity contribution in [1.29, 1.82) is 0 Å². The summed E-state index contributed by atoms with van der Waals surface area (Å²) in [5.41, 5.74) is 7.86. The molecule has 0 radical (unpaired) electrons. The Labute approximate surface area is 208 Å². The summed E-state index contributed by atoms with van der Waals surface area (Å²) < 4.78 is 0. The summed E-state index contributed by atoms with van der Waals surface area (Å²) in [6.45, 7) is 2.88. The van der Waals surface area contributed by atoms with Crippen LogP contribution >= 0.6 is 11.8 Å². The largest absolute Gasteiger partial charge is 0.326 e. The van der Waals surface area contributed by atoms with Crippen molar-refractivity contribution >= 4 is 59.2 Å². The zero-order valence-electron chi connectivity index (χ0n) is 19.5. The van der Waals surface area contributed by atoms with Crippen LogP contribution in [0.4, 0.5) is 11.4 Å². The fourth-order valence-corrected chi connectivity index (χ4v) is 3.48. The lowest BCUT2D eigenvalue weighted by molar-refractivity contribution is -0.121. The third-order valence-electron chi connectivity index (χ3n) is 4.21. The summed E-state index contributed by atoms with van der Waals surface area (Å²) >= 11 is 1.49. The van der Waals surface area contributed by atoms with E-state index in [1.807, 2.05) is 0 Å². The van der Waals surface area contributed by atoms with Gasteiger partial charge in [0.2, 0.25) is 23.6 Å². The topological polar surface area (TPSA) is 141 Å². The fourth-order valence-electron chi connectivity index (χ4n) is 2.61. The molecule has 0 atom stereocenters. The molecule has 4 amide bonds. The molecule has 0 saturated heterocycles. The van der Waals surface area contributed by atoms with Gasteiger partial charge in [-0.1, -0.05) is 24.3 Å². The number of nitrogens with one attached hydrogen (secondary N) is 4. The molecule has 0 aliphatic rings. The van der Waals surface area contributed by atoms with Crippen LogP contribution in [-0.2, 0) is 19.2 Å². The Morgan fingerprint density at radius 1 is 0.686 bits per heavy atom. The van der Waals surface area contributed by atoms with Crippen molar-refractivity contribution in [3.05, 3.63) is 59.7 Å². The zero-order valence-corrected chi connectivity index (χ0v) is 20.4. The van der Waals surface area contributed by atoms with Crippen LogP contribution in [0.3, 0.4) is 0 Å². The second-order valence-corrected chi connectivity index (χ2v) is 8.53. The molecule has 184 valence electrons. The van der Waals surface area contributed by atoms with Crippen molar-refractivity contribution in [2.45, 2.75) is 26.7 Å². The predicted octanol–water partition coefficient (Wildman–Crippen LogP) is 2.72. The molecule has 0 saturated carbocycles. The summed E-state index contributed by atoms with van der Waals surface area (Å²) in [7, 11) is 0. The number of rotatable bonds is 12. The molecule has 0 aromatic heterocycles. The molecule has 0 spiro atoms. The highest BCUT2D eigenvalue weighted by molar-refractivity contribution is 7.99. The van der Waals surface area contributed by atoms with Gasteiger partial charge in [0.1, 0.15) is 0 Å². The first-order valence-electron chi connectivity index (χ1n) is 10.8. The minimum absolute atomic E-state index is 0.145. The quantitative estimate of drug-likeness (QED) is 0.203. The standard InChI is InChI=1S/C24H28N6O4S/c1-17(31)27-21-7-3-19(4-8-21)15-25-29-23(33)11-13-35-14-12-24(34)30-26-16-20-5-9-22(10-6-20)28-18(2)32/h3-10,15-16H,11-14H2,1-2H3,(H,27,31)(H,28,32)(H,29,33)(H,30,34)/b25-15-,26-16-. The molecule has 0 bridgehead atoms. The van der Waals surface area contributed by atoms with E-state index >= 15 is 0 Å². The molecule has 0 fully saturated rings. The molecule has 35 heavy (non-hydrogen) atoms. The summed E-state index contributed by atoms with van der Waals surface area (Å²) in [5, 5.41) is 13.2. The highest BCUT2D eigenvalue weighted by Crippen LogP contribution is 2.09. The van der Waals surface area contributed by atoms with Gasteiger partial charge in [0.05, 0.1) is 12.4 Å². The van der Waals surface area contributed by atoms with Crippen LogP contribution in [0.1, 0.15) is 37.8 Å². The Kier molecular flexibility index (Phi) is 11.7. The van der Waals surface area contributed by atoms with Gasteiger partial charge in [0.15, 0.2) is 0 Å². The highest BCUT2D eigenvalue weighted by atomic mass is 32.2. The Morgan fingerprint density at radius 3 is 1.40 bits per heavy atom. The molecule has 0 aliphatic heterocycles. The van der Waals surface area contributed by atoms with Crippen LogP contribution in [0.2, 0.25) is 0 Å². The lowest BCUT2D eigenvalue weighted by Gasteiger charge is -2.03. The van der Waals surface area contributed by atoms with E-state index in [4.69, 9.17) is 0 Å². The van der Waals surface area contributed by atoms with Crippen molar-refractivity contribution < 1.29 is 19.2 Å². The maximum absolute atomic E-state index is 11.9. The molecular weight excluding hydrogens is 468 g/mol. The van der Waals surface area contributed by atoms with E-state index in [0.29, 0.717) is 22.9 Å². The molecule has 0 aliphatic carbocycles. The van der Waals surface area contributed by atoms with E-state index in [0.717, 1.165) is 11.1 Å². The van der Waals surface area contributed by atoms with E-state index < -0.39 is 0 Å².